The van der Waals surface area contributed by atoms with Crippen molar-refractivity contribution in [3.8, 4) is 16.9 Å². The number of fused-ring (bicyclic) bond motifs is 3. The number of carbonyl (C=O) groups is 1. The lowest BCUT2D eigenvalue weighted by Crippen LogP contribution is -2.54. The third-order valence-electron chi connectivity index (χ3n) is 7.11. The number of benzene rings is 4. The van der Waals surface area contributed by atoms with Crippen molar-refractivity contribution in [2.24, 2.45) is 0 Å². The molecule has 0 aromatic heterocycles. The summed E-state index contributed by atoms with van der Waals surface area (Å²) < 4.78 is 11.2. The molecule has 2 atom stereocenters. The molecule has 0 fully saturated rings. The van der Waals surface area contributed by atoms with Crippen LogP contribution in [0.1, 0.15) is 29.2 Å². The fourth-order valence-corrected chi connectivity index (χ4v) is 5.50. The van der Waals surface area contributed by atoms with Gasteiger partial charge in [0, 0.05) is 6.92 Å². The summed E-state index contributed by atoms with van der Waals surface area (Å²) >= 11 is 0. The predicted octanol–water partition coefficient (Wildman–Crippen LogP) is 6.29. The van der Waals surface area contributed by atoms with Crippen molar-refractivity contribution < 1.29 is 14.3 Å². The first kappa shape index (κ1) is 24.5. The Morgan fingerprint density at radius 3 is 1.97 bits per heavy atom. The maximum absolute atomic E-state index is 12.1. The Hall–Kier alpha value is -4.15. The summed E-state index contributed by atoms with van der Waals surface area (Å²) in [4.78, 5) is 12.1. The summed E-state index contributed by atoms with van der Waals surface area (Å²) in [6.07, 6.45) is 1.79. The van der Waals surface area contributed by atoms with Gasteiger partial charge in [0.15, 0.2) is 0 Å². The van der Waals surface area contributed by atoms with Gasteiger partial charge in [-0.25, -0.2) is 0 Å². The van der Waals surface area contributed by atoms with E-state index in [1.54, 1.807) is 13.2 Å². The lowest BCUT2D eigenvalue weighted by atomic mass is 9.79. The van der Waals surface area contributed by atoms with Crippen molar-refractivity contribution >= 4 is 5.97 Å². The summed E-state index contributed by atoms with van der Waals surface area (Å²) in [7, 11) is 1.66. The monoisotopic (exact) mass is 489 g/mol. The quantitative estimate of drug-likeness (QED) is 0.222. The molecule has 4 heteroatoms. The van der Waals surface area contributed by atoms with Gasteiger partial charge in [0.1, 0.15) is 11.9 Å². The molecular weight excluding hydrogens is 458 g/mol. The first-order chi connectivity index (χ1) is 18.1. The highest BCUT2D eigenvalue weighted by Crippen LogP contribution is 2.51. The number of hydrogen-bond donors (Lipinski definition) is 1. The molecule has 0 radical (unpaired) electrons. The molecule has 4 aromatic carbocycles. The molecule has 0 aliphatic heterocycles. The molecule has 0 unspecified atom stereocenters. The molecule has 1 aliphatic rings. The van der Waals surface area contributed by atoms with Crippen LogP contribution in [-0.4, -0.2) is 25.2 Å². The average Bonchev–Trinajstić information content (AvgIpc) is 3.23. The minimum Gasteiger partial charge on any atom is -0.497 e. The fraction of sp³-hybridized carbons (Fsp3) is 0.182. The number of esters is 1. The second kappa shape index (κ2) is 10.5. The smallest absolute Gasteiger partial charge is 0.303 e. The first-order valence-corrected chi connectivity index (χ1v) is 12.5. The van der Waals surface area contributed by atoms with Gasteiger partial charge in [-0.05, 0) is 58.0 Å². The van der Waals surface area contributed by atoms with E-state index in [-0.39, 0.29) is 12.0 Å². The highest BCUT2D eigenvalue weighted by atomic mass is 16.5. The number of carbonyl (C=O) groups excluding carboxylic acids is 1. The van der Waals surface area contributed by atoms with E-state index >= 15 is 0 Å². The Balaban J connectivity index is 1.68. The largest absolute Gasteiger partial charge is 0.497 e. The Bertz CT molecular complexity index is 1350. The van der Waals surface area contributed by atoms with Crippen molar-refractivity contribution in [3.63, 3.8) is 0 Å². The molecule has 1 N–H and O–H groups in total. The number of rotatable bonds is 9. The Labute approximate surface area is 218 Å². The van der Waals surface area contributed by atoms with Gasteiger partial charge in [-0.1, -0.05) is 97.6 Å². The predicted molar refractivity (Wildman–Crippen MR) is 148 cm³/mol. The molecule has 0 saturated heterocycles. The van der Waals surface area contributed by atoms with E-state index in [1.165, 1.54) is 29.2 Å². The van der Waals surface area contributed by atoms with Crippen LogP contribution in [0, 0.1) is 0 Å². The standard InChI is InChI=1S/C33H31NO3/c1-4-32(37-23(2)35)31(22-24-18-20-26(36-3)21-19-24)34-33(25-12-6-5-7-13-25)29-16-10-8-14-27(29)28-15-9-11-17-30(28)33/h4-21,31-32,34H,1,22H2,2-3H3/t31-,32-/m0/s1. The molecular formula is C33H31NO3. The third kappa shape index (κ3) is 4.56. The lowest BCUT2D eigenvalue weighted by Gasteiger charge is -2.39. The third-order valence-corrected chi connectivity index (χ3v) is 7.11. The maximum atomic E-state index is 12.1. The van der Waals surface area contributed by atoms with E-state index in [0.717, 1.165) is 16.9 Å². The summed E-state index contributed by atoms with van der Waals surface area (Å²) in [5.41, 5.74) is 6.31. The normalized spacial score (nSPS) is 14.6. The van der Waals surface area contributed by atoms with Gasteiger partial charge in [-0.15, -0.1) is 0 Å². The minimum absolute atomic E-state index is 0.269. The molecule has 5 rings (SSSR count). The van der Waals surface area contributed by atoms with Crippen LogP contribution in [0.15, 0.2) is 116 Å². The molecule has 1 aliphatic carbocycles. The number of ether oxygens (including phenoxy) is 2. The molecule has 0 saturated carbocycles. The van der Waals surface area contributed by atoms with E-state index in [4.69, 9.17) is 9.47 Å². The van der Waals surface area contributed by atoms with Gasteiger partial charge in [-0.3, -0.25) is 10.1 Å². The first-order valence-electron chi connectivity index (χ1n) is 12.5. The molecule has 0 heterocycles. The van der Waals surface area contributed by atoms with E-state index in [0.29, 0.717) is 6.42 Å². The van der Waals surface area contributed by atoms with Crippen LogP contribution in [0.4, 0.5) is 0 Å². The second-order valence-corrected chi connectivity index (χ2v) is 9.32. The summed E-state index contributed by atoms with van der Waals surface area (Å²) in [5.74, 6) is 0.459. The number of hydrogen-bond acceptors (Lipinski definition) is 4. The highest BCUT2D eigenvalue weighted by molar-refractivity contribution is 5.83. The molecule has 186 valence electrons. The Morgan fingerprint density at radius 2 is 1.43 bits per heavy atom. The Kier molecular flexibility index (Phi) is 6.93. The van der Waals surface area contributed by atoms with Gasteiger partial charge < -0.3 is 9.47 Å². The van der Waals surface area contributed by atoms with Crippen LogP contribution in [0.2, 0.25) is 0 Å². The minimum atomic E-state index is -0.646. The van der Waals surface area contributed by atoms with Gasteiger partial charge in [0.05, 0.1) is 18.7 Å². The van der Waals surface area contributed by atoms with Crippen LogP contribution in [0.5, 0.6) is 5.75 Å². The summed E-state index contributed by atoms with van der Waals surface area (Å²) in [6, 6.07) is 35.3. The summed E-state index contributed by atoms with van der Waals surface area (Å²) in [6.45, 7) is 5.46. The van der Waals surface area contributed by atoms with E-state index < -0.39 is 11.6 Å². The molecule has 4 nitrogen and oxygen atoms in total. The van der Waals surface area contributed by atoms with Crippen molar-refractivity contribution in [3.05, 3.63) is 138 Å². The average molecular weight is 490 g/mol. The van der Waals surface area contributed by atoms with Gasteiger partial charge in [0.2, 0.25) is 0 Å². The van der Waals surface area contributed by atoms with E-state index in [1.807, 2.05) is 30.3 Å². The summed E-state index contributed by atoms with van der Waals surface area (Å²) in [5, 5.41) is 4.01. The van der Waals surface area contributed by atoms with Crippen LogP contribution in [0.3, 0.4) is 0 Å². The number of nitrogens with one attached hydrogen (secondary N) is 1. The van der Waals surface area contributed by atoms with E-state index in [9.17, 15) is 4.79 Å². The highest BCUT2D eigenvalue weighted by Gasteiger charge is 2.46. The zero-order valence-electron chi connectivity index (χ0n) is 21.2. The van der Waals surface area contributed by atoms with Crippen LogP contribution >= 0.6 is 0 Å². The topological polar surface area (TPSA) is 47.6 Å². The molecule has 37 heavy (non-hydrogen) atoms. The lowest BCUT2D eigenvalue weighted by molar-refractivity contribution is -0.145. The van der Waals surface area contributed by atoms with E-state index in [2.05, 4.69) is 84.7 Å². The van der Waals surface area contributed by atoms with Gasteiger partial charge in [-0.2, -0.15) is 0 Å². The maximum Gasteiger partial charge on any atom is 0.303 e. The van der Waals surface area contributed by atoms with Crippen molar-refractivity contribution in [1.29, 1.82) is 0 Å². The SMILES string of the molecule is C=C[C@H](OC(C)=O)[C@H](Cc1ccc(OC)cc1)NC1(c2ccccc2)c2ccccc2-c2ccccc21. The van der Waals surface area contributed by atoms with Gasteiger partial charge >= 0.3 is 5.97 Å². The van der Waals surface area contributed by atoms with Crippen LogP contribution in [-0.2, 0) is 21.5 Å². The molecule has 0 bridgehead atoms. The molecule has 0 amide bonds. The number of methoxy groups -OCH3 is 1. The second-order valence-electron chi connectivity index (χ2n) is 9.32. The molecule has 0 spiro atoms. The van der Waals surface area contributed by atoms with Crippen LogP contribution < -0.4 is 10.1 Å². The zero-order valence-corrected chi connectivity index (χ0v) is 21.2. The fourth-order valence-electron chi connectivity index (χ4n) is 5.50. The zero-order chi connectivity index (χ0) is 25.8. The Morgan fingerprint density at radius 1 is 0.865 bits per heavy atom. The molecule has 4 aromatic rings. The van der Waals surface area contributed by atoms with Crippen molar-refractivity contribution in [1.82, 2.24) is 5.32 Å². The van der Waals surface area contributed by atoms with Crippen molar-refractivity contribution in [2.75, 3.05) is 7.11 Å². The van der Waals surface area contributed by atoms with Crippen molar-refractivity contribution in [2.45, 2.75) is 31.0 Å². The van der Waals surface area contributed by atoms with Gasteiger partial charge in [0.25, 0.3) is 0 Å². The van der Waals surface area contributed by atoms with Crippen LogP contribution in [0.25, 0.3) is 11.1 Å².